The zero-order valence-electron chi connectivity index (χ0n) is 32.0. The molecule has 4 bridgehead atoms. The Bertz CT molecular complexity index is 2020. The van der Waals surface area contributed by atoms with Crippen LogP contribution in [0.3, 0.4) is 0 Å². The van der Waals surface area contributed by atoms with Crippen LogP contribution in [0.1, 0.15) is 114 Å². The van der Waals surface area contributed by atoms with Gasteiger partial charge in [0.25, 0.3) is 0 Å². The number of hydrogen-bond acceptors (Lipinski definition) is 0. The van der Waals surface area contributed by atoms with Gasteiger partial charge in [-0.3, -0.25) is 0 Å². The molecule has 0 aliphatic heterocycles. The van der Waals surface area contributed by atoms with E-state index in [-0.39, 0.29) is 10.8 Å². The maximum atomic E-state index is 2.85. The van der Waals surface area contributed by atoms with E-state index in [0.717, 1.165) is 36.0 Å². The SMILES string of the molecule is CC1C=C(C2C3CC4CC(C3)CC2C4)C=[C]1[Zr](=[C](c1ccccc1)c1ccccc1)[c]1c(C(C)(C)C)ccc2c1Cc1cc(C(C)(C)C)ccc1-2. The quantitative estimate of drug-likeness (QED) is 0.168. The van der Waals surface area contributed by atoms with Crippen LogP contribution in [0.4, 0.5) is 0 Å². The summed E-state index contributed by atoms with van der Waals surface area (Å²) in [6.45, 7) is 17.0. The third-order valence-corrected chi connectivity index (χ3v) is 21.7. The van der Waals surface area contributed by atoms with Crippen molar-refractivity contribution < 1.29 is 21.3 Å². The molecule has 0 spiro atoms. The first-order chi connectivity index (χ1) is 24.4. The first-order valence-corrected chi connectivity index (χ1v) is 23.7. The van der Waals surface area contributed by atoms with E-state index in [4.69, 9.17) is 0 Å². The Morgan fingerprint density at radius 1 is 0.647 bits per heavy atom. The molecule has 6 aliphatic carbocycles. The number of rotatable bonds is 5. The van der Waals surface area contributed by atoms with E-state index < -0.39 is 21.3 Å². The number of hydrogen-bond donors (Lipinski definition) is 0. The van der Waals surface area contributed by atoms with Crippen LogP contribution in [0, 0.1) is 35.5 Å². The van der Waals surface area contributed by atoms with E-state index in [0.29, 0.717) is 5.92 Å². The van der Waals surface area contributed by atoms with Gasteiger partial charge in [0.1, 0.15) is 0 Å². The minimum atomic E-state index is -2.94. The third-order valence-electron chi connectivity index (χ3n) is 13.5. The summed E-state index contributed by atoms with van der Waals surface area (Å²) in [6, 6.07) is 35.6. The minimum absolute atomic E-state index is 0.0418. The van der Waals surface area contributed by atoms with Gasteiger partial charge >= 0.3 is 318 Å². The Morgan fingerprint density at radius 2 is 1.24 bits per heavy atom. The molecule has 10 rings (SSSR count). The number of benzene rings is 4. The fraction of sp³-hybridized carbons (Fsp3) is 0.420. The molecule has 260 valence electrons. The van der Waals surface area contributed by atoms with Gasteiger partial charge in [0, 0.05) is 0 Å². The van der Waals surface area contributed by atoms with Crippen LogP contribution in [0.5, 0.6) is 0 Å². The molecule has 0 heterocycles. The summed E-state index contributed by atoms with van der Waals surface area (Å²) >= 11 is -2.94. The molecule has 0 saturated heterocycles. The maximum absolute atomic E-state index is 2.94. The fourth-order valence-electron chi connectivity index (χ4n) is 11.4. The topological polar surface area (TPSA) is 0 Å². The van der Waals surface area contributed by atoms with Crippen molar-refractivity contribution in [3.8, 4) is 11.1 Å². The molecule has 4 saturated carbocycles. The van der Waals surface area contributed by atoms with Gasteiger partial charge in [-0.2, -0.15) is 0 Å². The molecule has 4 aromatic rings. The molecule has 1 atom stereocenters. The molecule has 0 nitrogen and oxygen atoms in total. The summed E-state index contributed by atoms with van der Waals surface area (Å²) < 4.78 is 5.22. The van der Waals surface area contributed by atoms with E-state index in [1.165, 1.54) is 65.5 Å². The predicted molar refractivity (Wildman–Crippen MR) is 214 cm³/mol. The van der Waals surface area contributed by atoms with E-state index in [9.17, 15) is 0 Å². The van der Waals surface area contributed by atoms with Gasteiger partial charge in [-0.05, 0) is 0 Å². The molecular formula is C50H56Zr. The van der Waals surface area contributed by atoms with Crippen LogP contribution in [0.2, 0.25) is 0 Å². The van der Waals surface area contributed by atoms with Crippen molar-refractivity contribution in [1.29, 1.82) is 0 Å². The molecule has 51 heavy (non-hydrogen) atoms. The standard InChI is InChI=1S/C21H25.C16H21.C13H10.Zr/c1-20(2,3)16-7-9-18-14(12-16)11-15-13-17(21(4,5)6)8-10-19(15)18;1-10-2-3-13(4-10)16-14-6-11-5-12(8-14)9-15(16)7-11;1-3-7-12(8-4-1)11-13-9-5-2-6-10-13;/h7-10,12H,11H2,1-6H3;3-4,10-12,14-16H,5-9H2,1H3;1-10H;. The van der Waals surface area contributed by atoms with Crippen molar-refractivity contribution in [2.45, 2.75) is 97.8 Å². The first-order valence-electron chi connectivity index (χ1n) is 20.0. The average Bonchev–Trinajstić information content (AvgIpc) is 3.66. The monoisotopic (exact) mass is 746 g/mol. The van der Waals surface area contributed by atoms with Crippen molar-refractivity contribution in [3.05, 3.63) is 145 Å². The van der Waals surface area contributed by atoms with Crippen LogP contribution in [0.15, 0.2) is 112 Å². The third kappa shape index (κ3) is 5.93. The summed E-state index contributed by atoms with van der Waals surface area (Å²) in [4.78, 5) is 0. The average molecular weight is 748 g/mol. The Kier molecular flexibility index (Phi) is 8.39. The summed E-state index contributed by atoms with van der Waals surface area (Å²) in [6.07, 6.45) is 14.1. The van der Waals surface area contributed by atoms with Gasteiger partial charge < -0.3 is 0 Å². The van der Waals surface area contributed by atoms with Crippen LogP contribution >= 0.6 is 0 Å². The van der Waals surface area contributed by atoms with Gasteiger partial charge in [0.15, 0.2) is 0 Å². The fourth-order valence-corrected chi connectivity index (χ4v) is 20.9. The zero-order valence-corrected chi connectivity index (χ0v) is 34.5. The summed E-state index contributed by atoms with van der Waals surface area (Å²) in [5.41, 5.74) is 13.9. The van der Waals surface area contributed by atoms with Gasteiger partial charge in [-0.25, -0.2) is 0 Å². The van der Waals surface area contributed by atoms with Gasteiger partial charge in [0.2, 0.25) is 0 Å². The van der Waals surface area contributed by atoms with Crippen molar-refractivity contribution in [2.24, 2.45) is 35.5 Å². The van der Waals surface area contributed by atoms with Crippen molar-refractivity contribution in [2.75, 3.05) is 0 Å². The van der Waals surface area contributed by atoms with Crippen LogP contribution in [0.25, 0.3) is 11.1 Å². The molecule has 6 aliphatic rings. The van der Waals surface area contributed by atoms with Gasteiger partial charge in [-0.15, -0.1) is 0 Å². The first kappa shape index (κ1) is 33.9. The molecular weight excluding hydrogens is 692 g/mol. The molecule has 1 unspecified atom stereocenters. The summed E-state index contributed by atoms with van der Waals surface area (Å²) in [5, 5.41) is 0. The van der Waals surface area contributed by atoms with Gasteiger partial charge in [-0.1, -0.05) is 0 Å². The summed E-state index contributed by atoms with van der Waals surface area (Å²) in [7, 11) is 0. The Labute approximate surface area is 315 Å². The molecule has 0 N–H and O–H groups in total. The Morgan fingerprint density at radius 3 is 1.80 bits per heavy atom. The molecule has 0 amide bonds. The van der Waals surface area contributed by atoms with E-state index in [2.05, 4.69) is 152 Å². The van der Waals surface area contributed by atoms with E-state index >= 15 is 0 Å². The van der Waals surface area contributed by atoms with Crippen LogP contribution in [-0.2, 0) is 38.5 Å². The number of allylic oxidation sites excluding steroid dienone is 4. The van der Waals surface area contributed by atoms with E-state index in [1.54, 1.807) is 26.5 Å². The normalized spacial score (nSPS) is 26.1. The molecule has 4 fully saturated rings. The zero-order chi connectivity index (χ0) is 35.2. The van der Waals surface area contributed by atoms with Crippen molar-refractivity contribution in [3.63, 3.8) is 0 Å². The van der Waals surface area contributed by atoms with Gasteiger partial charge in [0.05, 0.1) is 0 Å². The second-order valence-corrected chi connectivity index (χ2v) is 24.8. The number of fused-ring (bicyclic) bond motifs is 3. The molecule has 0 aromatic heterocycles. The molecule has 1 heteroatoms. The second-order valence-electron chi connectivity index (χ2n) is 19.1. The molecule has 4 aromatic carbocycles. The predicted octanol–water partition coefficient (Wildman–Crippen LogP) is 11.9. The van der Waals surface area contributed by atoms with Crippen molar-refractivity contribution >= 4 is 6.48 Å². The van der Waals surface area contributed by atoms with Crippen molar-refractivity contribution in [1.82, 2.24) is 0 Å². The summed E-state index contributed by atoms with van der Waals surface area (Å²) in [5.74, 6) is 5.10. The van der Waals surface area contributed by atoms with E-state index in [1.807, 2.05) is 0 Å². The molecule has 0 radical (unpaired) electrons. The second kappa shape index (κ2) is 12.6. The Balaban J connectivity index is 1.31. The van der Waals surface area contributed by atoms with Crippen LogP contribution < -0.4 is 3.27 Å². The Hall–Kier alpha value is -2.89. The van der Waals surface area contributed by atoms with Crippen LogP contribution in [-0.4, -0.2) is 3.21 Å².